The van der Waals surface area contributed by atoms with Crippen LogP contribution in [0.25, 0.3) is 27.7 Å². The third-order valence-corrected chi connectivity index (χ3v) is 5.89. The van der Waals surface area contributed by atoms with E-state index in [2.05, 4.69) is 15.0 Å². The van der Waals surface area contributed by atoms with Crippen molar-refractivity contribution in [1.82, 2.24) is 15.0 Å². The molecule has 1 aliphatic carbocycles. The summed E-state index contributed by atoms with van der Waals surface area (Å²) in [7, 11) is 0. The van der Waals surface area contributed by atoms with Gasteiger partial charge < -0.3 is 20.8 Å². The minimum atomic E-state index is 0.106. The van der Waals surface area contributed by atoms with Crippen LogP contribution in [-0.2, 0) is 0 Å². The fraction of sp³-hybridized carbons (Fsp3) is 0.304. The minimum absolute atomic E-state index is 0.106. The summed E-state index contributed by atoms with van der Waals surface area (Å²) in [4.78, 5) is 12.8. The normalized spacial score (nSPS) is 14.7. The average molecular weight is 438 g/mol. The first-order valence-electron chi connectivity index (χ1n) is 10.2. The van der Waals surface area contributed by atoms with Crippen LogP contribution >= 0.6 is 12.0 Å². The number of rotatable bonds is 5. The molecule has 0 aliphatic heterocycles. The summed E-state index contributed by atoms with van der Waals surface area (Å²) < 4.78 is 8.54. The van der Waals surface area contributed by atoms with Crippen molar-refractivity contribution in [2.45, 2.75) is 32.1 Å². The first-order valence-corrected chi connectivity index (χ1v) is 11.2. The highest BCUT2D eigenvalue weighted by Crippen LogP contribution is 2.26. The van der Waals surface area contributed by atoms with Crippen molar-refractivity contribution < 1.29 is 9.66 Å². The van der Waals surface area contributed by atoms with Gasteiger partial charge in [-0.3, -0.25) is 9.97 Å². The summed E-state index contributed by atoms with van der Waals surface area (Å²) in [6.45, 7) is 0. The Morgan fingerprint density at radius 2 is 1.90 bits per heavy atom. The van der Waals surface area contributed by atoms with Crippen LogP contribution in [0.5, 0.6) is 5.75 Å². The van der Waals surface area contributed by atoms with Gasteiger partial charge in [0, 0.05) is 35.5 Å². The zero-order valence-corrected chi connectivity index (χ0v) is 18.1. The van der Waals surface area contributed by atoms with Crippen LogP contribution in [0.15, 0.2) is 49.1 Å². The Morgan fingerprint density at radius 1 is 1.10 bits per heavy atom. The molecule has 1 fully saturated rings. The highest BCUT2D eigenvalue weighted by molar-refractivity contribution is 7.93. The van der Waals surface area contributed by atoms with Crippen molar-refractivity contribution in [2.75, 3.05) is 5.75 Å². The van der Waals surface area contributed by atoms with Crippen molar-refractivity contribution in [3.05, 3.63) is 54.7 Å². The topological polar surface area (TPSA) is 129 Å². The number of nitrogens with one attached hydrogen (secondary N) is 1. The molecule has 8 heteroatoms. The lowest BCUT2D eigenvalue weighted by molar-refractivity contribution is 0.388. The number of nitrogens with zero attached hydrogens (tertiary/aromatic N) is 3. The molecule has 0 spiro atoms. The van der Waals surface area contributed by atoms with E-state index in [0.717, 1.165) is 46.6 Å². The van der Waals surface area contributed by atoms with Gasteiger partial charge in [0.05, 0.1) is 29.1 Å². The zero-order valence-electron chi connectivity index (χ0n) is 17.2. The Hall–Kier alpha value is -2.97. The van der Waals surface area contributed by atoms with Gasteiger partial charge in [-0.05, 0) is 54.6 Å². The van der Waals surface area contributed by atoms with Crippen molar-refractivity contribution >= 4 is 34.9 Å². The number of pyridine rings is 1. The molecule has 31 heavy (non-hydrogen) atoms. The lowest BCUT2D eigenvalue weighted by Gasteiger charge is -2.19. The van der Waals surface area contributed by atoms with E-state index < -0.39 is 0 Å². The molecule has 3 aromatic rings. The van der Waals surface area contributed by atoms with Gasteiger partial charge in [-0.1, -0.05) is 25.3 Å². The fourth-order valence-corrected chi connectivity index (χ4v) is 4.13. The molecule has 0 amide bonds. The molecule has 162 valence electrons. The van der Waals surface area contributed by atoms with E-state index in [4.69, 9.17) is 15.7 Å². The fourth-order valence-electron chi connectivity index (χ4n) is 3.58. The predicted molar refractivity (Wildman–Crippen MR) is 127 cm³/mol. The van der Waals surface area contributed by atoms with Crippen molar-refractivity contribution in [1.29, 1.82) is 5.41 Å². The van der Waals surface area contributed by atoms with E-state index in [-0.39, 0.29) is 5.75 Å². The second kappa shape index (κ2) is 11.4. The van der Waals surface area contributed by atoms with Gasteiger partial charge in [-0.25, -0.2) is 4.98 Å². The van der Waals surface area contributed by atoms with Crippen LogP contribution in [0.4, 0.5) is 0 Å². The number of benzene rings is 1. The summed E-state index contributed by atoms with van der Waals surface area (Å²) in [6, 6.07) is 7.24. The molecular formula is C23H27N5O2S. The smallest absolute Gasteiger partial charge is 0.134 e. The molecule has 2 heterocycles. The first kappa shape index (κ1) is 22.7. The predicted octanol–water partition coefficient (Wildman–Crippen LogP) is 5.12. The standard InChI is InChI=1S/C16H13N5O.C7H14OS/c17-5-12(6-18)16-9-20-14-2-1-10(4-15(14)21-16)11-3-13(22)8-19-7-11;8-9-6-7-4-2-1-3-5-7/h1-9,17,22H,18H2;7-8H,1-6H2/b12-6+,17-5?;. The molecule has 2 aromatic heterocycles. The number of aromatic hydroxyl groups is 1. The van der Waals surface area contributed by atoms with Crippen molar-refractivity contribution in [2.24, 2.45) is 11.7 Å². The van der Waals surface area contributed by atoms with E-state index in [1.165, 1.54) is 44.5 Å². The molecule has 5 N–H and O–H groups in total. The maximum atomic E-state index is 9.53. The van der Waals surface area contributed by atoms with Gasteiger partial charge in [0.1, 0.15) is 5.75 Å². The molecule has 4 rings (SSSR count). The summed E-state index contributed by atoms with van der Waals surface area (Å²) >= 11 is 1.01. The van der Waals surface area contributed by atoms with Crippen LogP contribution in [-0.4, -0.2) is 36.6 Å². The van der Waals surface area contributed by atoms with Crippen molar-refractivity contribution in [3.63, 3.8) is 0 Å². The Labute approximate surface area is 186 Å². The van der Waals surface area contributed by atoms with Gasteiger partial charge in [-0.15, -0.1) is 0 Å². The van der Waals surface area contributed by atoms with Crippen molar-refractivity contribution in [3.8, 4) is 16.9 Å². The number of allylic oxidation sites excluding steroid dienone is 1. The van der Waals surface area contributed by atoms with Crippen LogP contribution in [0.3, 0.4) is 0 Å². The molecule has 1 saturated carbocycles. The number of hydrogen-bond acceptors (Lipinski definition) is 8. The second-order valence-electron chi connectivity index (χ2n) is 7.46. The SMILES string of the molecule is N=C/C(=C\N)c1cnc2ccc(-c3cncc(O)c3)cc2n1.OSCC1CCCCC1. The summed E-state index contributed by atoms with van der Waals surface area (Å²) in [5, 5.41) is 16.9. The molecule has 7 nitrogen and oxygen atoms in total. The first-order chi connectivity index (χ1) is 15.1. The molecule has 0 bridgehead atoms. The Morgan fingerprint density at radius 3 is 2.58 bits per heavy atom. The molecular weight excluding hydrogens is 410 g/mol. The maximum absolute atomic E-state index is 9.53. The van der Waals surface area contributed by atoms with E-state index in [0.29, 0.717) is 16.8 Å². The van der Waals surface area contributed by atoms with Gasteiger partial charge in [0.15, 0.2) is 0 Å². The summed E-state index contributed by atoms with van der Waals surface area (Å²) in [5.74, 6) is 1.88. The lowest BCUT2D eigenvalue weighted by atomic mass is 9.91. The monoisotopic (exact) mass is 437 g/mol. The van der Waals surface area contributed by atoms with Gasteiger partial charge in [0.2, 0.25) is 0 Å². The summed E-state index contributed by atoms with van der Waals surface area (Å²) in [6.07, 6.45) is 13.9. The van der Waals surface area contributed by atoms with E-state index in [9.17, 15) is 5.11 Å². The Kier molecular flexibility index (Phi) is 8.37. The van der Waals surface area contributed by atoms with Gasteiger partial charge in [0.25, 0.3) is 0 Å². The second-order valence-corrected chi connectivity index (χ2v) is 8.05. The van der Waals surface area contributed by atoms with Crippen LogP contribution in [0.1, 0.15) is 37.8 Å². The summed E-state index contributed by atoms with van der Waals surface area (Å²) in [5.41, 5.74) is 9.59. The van der Waals surface area contributed by atoms with Gasteiger partial charge >= 0.3 is 0 Å². The average Bonchev–Trinajstić information content (AvgIpc) is 2.81. The van der Waals surface area contributed by atoms with Crippen LogP contribution < -0.4 is 5.73 Å². The molecule has 0 radical (unpaired) electrons. The number of nitrogens with two attached hydrogens (primary N) is 1. The van der Waals surface area contributed by atoms with Crippen LogP contribution in [0.2, 0.25) is 0 Å². The van der Waals surface area contributed by atoms with E-state index in [1.807, 2.05) is 18.2 Å². The number of hydrogen-bond donors (Lipinski definition) is 4. The Bertz CT molecular complexity index is 1050. The largest absolute Gasteiger partial charge is 0.506 e. The zero-order chi connectivity index (χ0) is 22.1. The number of aromatic nitrogens is 3. The highest BCUT2D eigenvalue weighted by atomic mass is 32.2. The molecule has 1 aromatic carbocycles. The third-order valence-electron chi connectivity index (χ3n) is 5.27. The molecule has 0 saturated heterocycles. The minimum Gasteiger partial charge on any atom is -0.506 e. The highest BCUT2D eigenvalue weighted by Gasteiger charge is 2.12. The Balaban J connectivity index is 0.000000254. The van der Waals surface area contributed by atoms with Gasteiger partial charge in [-0.2, -0.15) is 0 Å². The van der Waals surface area contributed by atoms with E-state index >= 15 is 0 Å². The third kappa shape index (κ3) is 6.26. The number of fused-ring (bicyclic) bond motifs is 1. The lowest BCUT2D eigenvalue weighted by Crippen LogP contribution is -2.08. The van der Waals surface area contributed by atoms with Crippen LogP contribution in [0, 0.1) is 11.3 Å². The molecule has 0 atom stereocenters. The maximum Gasteiger partial charge on any atom is 0.134 e. The van der Waals surface area contributed by atoms with E-state index in [1.54, 1.807) is 18.5 Å². The molecule has 0 unspecified atom stereocenters. The quantitative estimate of drug-likeness (QED) is 0.322. The molecule has 1 aliphatic rings.